The molecule has 0 spiro atoms. The van der Waals surface area contributed by atoms with Crippen molar-refractivity contribution in [1.82, 2.24) is 9.80 Å². The lowest BCUT2D eigenvalue weighted by atomic mass is 9.93. The van der Waals surface area contributed by atoms with E-state index in [1.165, 1.54) is 6.42 Å². The van der Waals surface area contributed by atoms with Crippen LogP contribution in [0, 0.1) is 17.8 Å². The molecule has 0 radical (unpaired) electrons. The predicted octanol–water partition coefficient (Wildman–Crippen LogP) is 2.78. The van der Waals surface area contributed by atoms with E-state index in [1.807, 2.05) is 23.1 Å². The molecule has 3 aliphatic rings. The van der Waals surface area contributed by atoms with Gasteiger partial charge in [-0.2, -0.15) is 0 Å². The lowest BCUT2D eigenvalue weighted by molar-refractivity contribution is 0.0313. The Bertz CT molecular complexity index is 1010. The van der Waals surface area contributed by atoms with Gasteiger partial charge in [0.25, 0.3) is 5.91 Å². The summed E-state index contributed by atoms with van der Waals surface area (Å²) < 4.78 is 10.9. The van der Waals surface area contributed by atoms with Crippen molar-refractivity contribution in [2.75, 3.05) is 45.9 Å². The van der Waals surface area contributed by atoms with Gasteiger partial charge in [0.05, 0.1) is 13.2 Å². The molecule has 2 aromatic rings. The number of ether oxygens (including phenoxy) is 1. The van der Waals surface area contributed by atoms with Crippen LogP contribution in [-0.2, 0) is 4.74 Å². The van der Waals surface area contributed by atoms with E-state index in [0.29, 0.717) is 36.4 Å². The topological polar surface area (TPSA) is 63.0 Å². The Balaban J connectivity index is 1.38. The molecule has 3 atom stereocenters. The van der Waals surface area contributed by atoms with Crippen molar-refractivity contribution in [2.45, 2.75) is 12.8 Å². The Morgan fingerprint density at radius 2 is 1.97 bits per heavy atom. The molecule has 2 heterocycles. The minimum Gasteiger partial charge on any atom is -0.422 e. The van der Waals surface area contributed by atoms with Crippen LogP contribution in [0.2, 0.25) is 0 Å². The number of morpholine rings is 1. The van der Waals surface area contributed by atoms with Crippen LogP contribution in [0.3, 0.4) is 0 Å². The lowest BCUT2D eigenvalue weighted by Gasteiger charge is -2.32. The van der Waals surface area contributed by atoms with Crippen LogP contribution in [0.1, 0.15) is 23.2 Å². The van der Waals surface area contributed by atoms with Crippen LogP contribution in [0.5, 0.6) is 0 Å². The largest absolute Gasteiger partial charge is 0.422 e. The number of nitrogens with zero attached hydrogens (tertiary/aromatic N) is 2. The molecule has 2 fully saturated rings. The lowest BCUT2D eigenvalue weighted by Crippen LogP contribution is -2.45. The average Bonchev–Trinajstić information content (AvgIpc) is 3.40. The van der Waals surface area contributed by atoms with Gasteiger partial charge in [0, 0.05) is 38.1 Å². The van der Waals surface area contributed by atoms with Gasteiger partial charge < -0.3 is 14.1 Å². The first-order valence-corrected chi connectivity index (χ1v) is 11.0. The van der Waals surface area contributed by atoms with Crippen LogP contribution in [0.25, 0.3) is 11.0 Å². The highest BCUT2D eigenvalue weighted by molar-refractivity contribution is 5.96. The van der Waals surface area contributed by atoms with Gasteiger partial charge in [0.2, 0.25) is 0 Å². The van der Waals surface area contributed by atoms with E-state index < -0.39 is 5.63 Å². The summed E-state index contributed by atoms with van der Waals surface area (Å²) in [7, 11) is 0. The Hall–Kier alpha value is -2.44. The predicted molar refractivity (Wildman–Crippen MR) is 114 cm³/mol. The maximum absolute atomic E-state index is 13.5. The summed E-state index contributed by atoms with van der Waals surface area (Å²) in [4.78, 5) is 30.3. The van der Waals surface area contributed by atoms with Crippen molar-refractivity contribution in [1.29, 1.82) is 0 Å². The van der Waals surface area contributed by atoms with E-state index in [0.717, 1.165) is 44.7 Å². The summed E-state index contributed by atoms with van der Waals surface area (Å²) in [5.74, 6) is 1.47. The molecule has 0 unspecified atom stereocenters. The zero-order chi connectivity index (χ0) is 20.5. The van der Waals surface area contributed by atoms with Gasteiger partial charge >= 0.3 is 5.63 Å². The molecule has 1 aliphatic heterocycles. The third kappa shape index (κ3) is 3.94. The molecule has 1 saturated heterocycles. The molecule has 1 saturated carbocycles. The summed E-state index contributed by atoms with van der Waals surface area (Å²) in [6.07, 6.45) is 6.97. The van der Waals surface area contributed by atoms with Gasteiger partial charge in [0.15, 0.2) is 0 Å². The highest BCUT2D eigenvalue weighted by atomic mass is 16.5. The molecule has 1 aromatic carbocycles. The van der Waals surface area contributed by atoms with Gasteiger partial charge in [-0.15, -0.1) is 0 Å². The van der Waals surface area contributed by atoms with Crippen molar-refractivity contribution in [3.05, 3.63) is 58.5 Å². The highest BCUT2D eigenvalue weighted by Gasteiger charge is 2.37. The smallest absolute Gasteiger partial charge is 0.349 e. The summed E-state index contributed by atoms with van der Waals surface area (Å²) >= 11 is 0. The van der Waals surface area contributed by atoms with Gasteiger partial charge in [-0.3, -0.25) is 9.69 Å². The second-order valence-electron chi connectivity index (χ2n) is 8.73. The van der Waals surface area contributed by atoms with Gasteiger partial charge in [-0.1, -0.05) is 30.4 Å². The van der Waals surface area contributed by atoms with Crippen LogP contribution in [-0.4, -0.2) is 61.6 Å². The molecule has 1 amide bonds. The van der Waals surface area contributed by atoms with E-state index in [-0.39, 0.29) is 11.5 Å². The molecule has 6 nitrogen and oxygen atoms in total. The molecule has 2 bridgehead atoms. The second kappa shape index (κ2) is 8.36. The molecule has 1 aromatic heterocycles. The Kier molecular flexibility index (Phi) is 5.44. The number of hydrogen-bond donors (Lipinski definition) is 0. The van der Waals surface area contributed by atoms with Crippen molar-refractivity contribution in [3.8, 4) is 0 Å². The molecule has 2 aliphatic carbocycles. The molecule has 158 valence electrons. The SMILES string of the molecule is O=C(c1cc2ccccc2oc1=O)N(CCN1CCOCC1)C[C@@H]1C[C@@H]2C=C[C@H]1C2. The van der Waals surface area contributed by atoms with E-state index in [1.54, 1.807) is 12.1 Å². The first-order chi connectivity index (χ1) is 14.7. The number of carbonyl (C=O) groups is 1. The number of rotatable bonds is 6. The zero-order valence-corrected chi connectivity index (χ0v) is 17.2. The Labute approximate surface area is 176 Å². The molecule has 0 N–H and O–H groups in total. The number of allylic oxidation sites excluding steroid dienone is 2. The molecular weight excluding hydrogens is 380 g/mol. The average molecular weight is 408 g/mol. The minimum absolute atomic E-state index is 0.134. The van der Waals surface area contributed by atoms with E-state index in [2.05, 4.69) is 17.1 Å². The fourth-order valence-electron chi connectivity index (χ4n) is 5.13. The number of hydrogen-bond acceptors (Lipinski definition) is 5. The number of benzene rings is 1. The molecule has 6 heteroatoms. The van der Waals surface area contributed by atoms with Crippen molar-refractivity contribution < 1.29 is 13.9 Å². The Morgan fingerprint density at radius 1 is 1.13 bits per heavy atom. The highest BCUT2D eigenvalue weighted by Crippen LogP contribution is 2.43. The minimum atomic E-state index is -0.553. The van der Waals surface area contributed by atoms with E-state index in [9.17, 15) is 9.59 Å². The first-order valence-electron chi connectivity index (χ1n) is 11.0. The number of amides is 1. The van der Waals surface area contributed by atoms with Crippen molar-refractivity contribution in [3.63, 3.8) is 0 Å². The number of para-hydroxylation sites is 1. The standard InChI is InChI=1S/C24H28N2O4/c27-23(21-15-19-3-1-2-4-22(19)30-24(21)28)26(8-7-25-9-11-29-12-10-25)16-20-14-17-5-6-18(20)13-17/h1-6,15,17-18,20H,7-14,16H2/t17-,18+,20+/m1/s1. The molecule has 5 rings (SSSR count). The Morgan fingerprint density at radius 3 is 2.73 bits per heavy atom. The normalized spacial score (nSPS) is 25.8. The second-order valence-corrected chi connectivity index (χ2v) is 8.73. The van der Waals surface area contributed by atoms with Gasteiger partial charge in [-0.25, -0.2) is 4.79 Å². The van der Waals surface area contributed by atoms with Gasteiger partial charge in [0.1, 0.15) is 11.1 Å². The number of carbonyl (C=O) groups excluding carboxylic acids is 1. The summed E-state index contributed by atoms with van der Waals surface area (Å²) in [6, 6.07) is 9.01. The molecule has 30 heavy (non-hydrogen) atoms. The third-order valence-corrected chi connectivity index (χ3v) is 6.82. The first kappa shape index (κ1) is 19.5. The summed E-state index contributed by atoms with van der Waals surface area (Å²) in [5, 5.41) is 0.774. The maximum Gasteiger partial charge on any atom is 0.349 e. The summed E-state index contributed by atoms with van der Waals surface area (Å²) in [5.41, 5.74) is 0.0921. The van der Waals surface area contributed by atoms with E-state index >= 15 is 0 Å². The quantitative estimate of drug-likeness (QED) is 0.543. The summed E-state index contributed by atoms with van der Waals surface area (Å²) in [6.45, 7) is 5.35. The number of fused-ring (bicyclic) bond motifs is 3. The maximum atomic E-state index is 13.5. The fourth-order valence-corrected chi connectivity index (χ4v) is 5.13. The van der Waals surface area contributed by atoms with Crippen LogP contribution < -0.4 is 5.63 Å². The molecular formula is C24H28N2O4. The van der Waals surface area contributed by atoms with Crippen LogP contribution >= 0.6 is 0 Å². The third-order valence-electron chi connectivity index (χ3n) is 6.82. The zero-order valence-electron chi connectivity index (χ0n) is 17.2. The van der Waals surface area contributed by atoms with Crippen LogP contribution in [0.15, 0.2) is 51.7 Å². The van der Waals surface area contributed by atoms with Crippen molar-refractivity contribution >= 4 is 16.9 Å². The van der Waals surface area contributed by atoms with Crippen molar-refractivity contribution in [2.24, 2.45) is 17.8 Å². The fraction of sp³-hybridized carbons (Fsp3) is 0.500. The van der Waals surface area contributed by atoms with E-state index in [4.69, 9.17) is 9.15 Å². The monoisotopic (exact) mass is 408 g/mol. The van der Waals surface area contributed by atoms with Gasteiger partial charge in [-0.05, 0) is 42.7 Å². The van der Waals surface area contributed by atoms with Crippen LogP contribution in [0.4, 0.5) is 0 Å².